The molecule has 3 aromatic rings. The van der Waals surface area contributed by atoms with E-state index in [2.05, 4.69) is 5.32 Å². The van der Waals surface area contributed by atoms with Crippen LogP contribution in [-0.4, -0.2) is 5.91 Å². The fraction of sp³-hybridized carbons (Fsp3) is 0. The summed E-state index contributed by atoms with van der Waals surface area (Å²) in [5, 5.41) is 3.28. The molecule has 0 atom stereocenters. The van der Waals surface area contributed by atoms with Crippen LogP contribution in [0.4, 0.5) is 10.1 Å². The fourth-order valence-corrected chi connectivity index (χ4v) is 2.26. The van der Waals surface area contributed by atoms with Gasteiger partial charge in [0.1, 0.15) is 12.1 Å². The number of rotatable bonds is 2. The third-order valence-corrected chi connectivity index (χ3v) is 3.43. The van der Waals surface area contributed by atoms with E-state index in [9.17, 15) is 14.0 Å². The largest absolute Gasteiger partial charge is 0.430 e. The molecule has 0 bridgehead atoms. The molecule has 0 aliphatic heterocycles. The Balaban J connectivity index is 2.01. The highest BCUT2D eigenvalue weighted by molar-refractivity contribution is 6.31. The molecule has 0 saturated carbocycles. The van der Waals surface area contributed by atoms with Gasteiger partial charge in [-0.2, -0.15) is 0 Å². The van der Waals surface area contributed by atoms with Gasteiger partial charge in [0.2, 0.25) is 0 Å². The Morgan fingerprint density at radius 2 is 1.86 bits per heavy atom. The van der Waals surface area contributed by atoms with Gasteiger partial charge in [0, 0.05) is 11.1 Å². The number of hydrogen-bond acceptors (Lipinski definition) is 3. The Hall–Kier alpha value is -2.66. The number of nitrogens with one attached hydrogen (secondary N) is 1. The zero-order chi connectivity index (χ0) is 15.7. The summed E-state index contributed by atoms with van der Waals surface area (Å²) >= 11 is 5.67. The van der Waals surface area contributed by atoms with Gasteiger partial charge in [-0.1, -0.05) is 29.8 Å². The fourth-order valence-electron chi connectivity index (χ4n) is 2.08. The summed E-state index contributed by atoms with van der Waals surface area (Å²) in [4.78, 5) is 24.0. The van der Waals surface area contributed by atoms with Gasteiger partial charge in [0.15, 0.2) is 0 Å². The van der Waals surface area contributed by atoms with Crippen molar-refractivity contribution in [1.29, 1.82) is 0 Å². The smallest absolute Gasteiger partial charge is 0.343 e. The van der Waals surface area contributed by atoms with E-state index < -0.39 is 17.3 Å². The van der Waals surface area contributed by atoms with E-state index in [0.29, 0.717) is 16.5 Å². The minimum Gasteiger partial charge on any atom is -0.430 e. The van der Waals surface area contributed by atoms with E-state index in [1.807, 2.05) is 0 Å². The van der Waals surface area contributed by atoms with Crippen LogP contribution in [0.15, 0.2) is 57.9 Å². The van der Waals surface area contributed by atoms with Crippen molar-refractivity contribution in [3.63, 3.8) is 0 Å². The van der Waals surface area contributed by atoms with Gasteiger partial charge in [-0.25, -0.2) is 9.18 Å². The minimum atomic E-state index is -0.573. The molecule has 1 N–H and O–H groups in total. The van der Waals surface area contributed by atoms with Crippen LogP contribution < -0.4 is 10.9 Å². The summed E-state index contributed by atoms with van der Waals surface area (Å²) in [5.41, 5.74) is 0.0271. The van der Waals surface area contributed by atoms with Gasteiger partial charge in [-0.15, -0.1) is 0 Å². The molecule has 1 amide bonds. The Labute approximate surface area is 129 Å². The van der Waals surface area contributed by atoms with Crippen LogP contribution in [0.1, 0.15) is 10.4 Å². The van der Waals surface area contributed by atoms with E-state index >= 15 is 0 Å². The van der Waals surface area contributed by atoms with Crippen LogP contribution >= 0.6 is 11.6 Å². The molecule has 3 rings (SSSR count). The van der Waals surface area contributed by atoms with Crippen molar-refractivity contribution in [2.45, 2.75) is 0 Å². The van der Waals surface area contributed by atoms with E-state index in [0.717, 1.165) is 12.3 Å². The lowest BCUT2D eigenvalue weighted by molar-refractivity contribution is 0.102. The summed E-state index contributed by atoms with van der Waals surface area (Å²) in [6, 6.07) is 10.5. The average molecular weight is 318 g/mol. The van der Waals surface area contributed by atoms with Gasteiger partial charge < -0.3 is 9.73 Å². The van der Waals surface area contributed by atoms with Crippen LogP contribution in [0.5, 0.6) is 0 Å². The quantitative estimate of drug-likeness (QED) is 0.781. The number of benzene rings is 2. The molecular formula is C16H9ClFNO3. The topological polar surface area (TPSA) is 59.3 Å². The first-order chi connectivity index (χ1) is 10.6. The maximum Gasteiger partial charge on any atom is 0.343 e. The third-order valence-electron chi connectivity index (χ3n) is 3.14. The number of amides is 1. The molecule has 0 spiro atoms. The predicted octanol–water partition coefficient (Wildman–Crippen LogP) is 3.84. The van der Waals surface area contributed by atoms with Gasteiger partial charge in [-0.3, -0.25) is 4.79 Å². The first-order valence-electron chi connectivity index (χ1n) is 6.33. The van der Waals surface area contributed by atoms with Crippen LogP contribution in [-0.2, 0) is 0 Å². The molecule has 1 heterocycles. The van der Waals surface area contributed by atoms with Crippen molar-refractivity contribution >= 4 is 34.0 Å². The van der Waals surface area contributed by atoms with Crippen molar-refractivity contribution in [2.75, 3.05) is 5.32 Å². The molecular weight excluding hydrogens is 309 g/mol. The Kier molecular flexibility index (Phi) is 3.65. The minimum absolute atomic E-state index is 0.0951. The number of carbonyl (C=O) groups is 1. The summed E-state index contributed by atoms with van der Waals surface area (Å²) in [7, 11) is 0. The lowest BCUT2D eigenvalue weighted by Gasteiger charge is -2.07. The SMILES string of the molecule is O=C(Nc1ccc(F)c(Cl)c1)c1coc(=O)c2ccccc12. The third kappa shape index (κ3) is 2.58. The van der Waals surface area contributed by atoms with Gasteiger partial charge in [-0.05, 0) is 24.3 Å². The van der Waals surface area contributed by atoms with E-state index in [4.69, 9.17) is 16.0 Å². The lowest BCUT2D eigenvalue weighted by atomic mass is 10.1. The van der Waals surface area contributed by atoms with Crippen molar-refractivity contribution in [3.8, 4) is 0 Å². The lowest BCUT2D eigenvalue weighted by Crippen LogP contribution is -2.14. The molecule has 22 heavy (non-hydrogen) atoms. The van der Waals surface area contributed by atoms with Crippen LogP contribution in [0.2, 0.25) is 5.02 Å². The highest BCUT2D eigenvalue weighted by Gasteiger charge is 2.14. The monoisotopic (exact) mass is 317 g/mol. The second-order valence-electron chi connectivity index (χ2n) is 4.57. The molecule has 2 aromatic carbocycles. The zero-order valence-corrected chi connectivity index (χ0v) is 11.9. The normalized spacial score (nSPS) is 10.6. The number of halogens is 2. The Morgan fingerprint density at radius 1 is 1.14 bits per heavy atom. The molecule has 0 radical (unpaired) electrons. The van der Waals surface area contributed by atoms with Crippen LogP contribution in [0.25, 0.3) is 10.8 Å². The number of fused-ring (bicyclic) bond motifs is 1. The molecule has 1 aromatic heterocycles. The first-order valence-corrected chi connectivity index (χ1v) is 6.71. The maximum atomic E-state index is 13.1. The number of anilines is 1. The number of hydrogen-bond donors (Lipinski definition) is 1. The first kappa shape index (κ1) is 14.3. The van der Waals surface area contributed by atoms with Crippen molar-refractivity contribution in [3.05, 3.63) is 75.6 Å². The molecule has 4 nitrogen and oxygen atoms in total. The van der Waals surface area contributed by atoms with Crippen molar-refractivity contribution < 1.29 is 13.6 Å². The molecule has 110 valence electrons. The van der Waals surface area contributed by atoms with Gasteiger partial charge in [0.05, 0.1) is 16.0 Å². The molecule has 0 aliphatic rings. The zero-order valence-electron chi connectivity index (χ0n) is 11.1. The molecule has 0 saturated heterocycles. The Bertz CT molecular complexity index is 936. The molecule has 0 aliphatic carbocycles. The maximum absolute atomic E-state index is 13.1. The average Bonchev–Trinajstić information content (AvgIpc) is 2.51. The van der Waals surface area contributed by atoms with E-state index in [-0.39, 0.29) is 10.6 Å². The van der Waals surface area contributed by atoms with Crippen LogP contribution in [0.3, 0.4) is 0 Å². The summed E-state index contributed by atoms with van der Waals surface area (Å²) < 4.78 is 18.0. The summed E-state index contributed by atoms with van der Waals surface area (Å²) in [5.74, 6) is -1.06. The predicted molar refractivity (Wildman–Crippen MR) is 81.8 cm³/mol. The second-order valence-corrected chi connectivity index (χ2v) is 4.97. The summed E-state index contributed by atoms with van der Waals surface area (Å²) in [6.45, 7) is 0. The molecule has 6 heteroatoms. The van der Waals surface area contributed by atoms with E-state index in [1.54, 1.807) is 24.3 Å². The van der Waals surface area contributed by atoms with Gasteiger partial charge >= 0.3 is 5.63 Å². The highest BCUT2D eigenvalue weighted by Crippen LogP contribution is 2.21. The van der Waals surface area contributed by atoms with Gasteiger partial charge in [0.25, 0.3) is 5.91 Å². The van der Waals surface area contributed by atoms with Crippen molar-refractivity contribution in [2.24, 2.45) is 0 Å². The number of carbonyl (C=O) groups excluding carboxylic acids is 1. The Morgan fingerprint density at radius 3 is 2.59 bits per heavy atom. The molecule has 0 fully saturated rings. The van der Waals surface area contributed by atoms with Crippen molar-refractivity contribution in [1.82, 2.24) is 0 Å². The summed E-state index contributed by atoms with van der Waals surface area (Å²) in [6.07, 6.45) is 1.10. The van der Waals surface area contributed by atoms with E-state index in [1.165, 1.54) is 12.1 Å². The standard InChI is InChI=1S/C16H9ClFNO3/c17-13-7-9(5-6-14(13)18)19-15(20)12-8-22-16(21)11-4-2-1-3-10(11)12/h1-8H,(H,19,20). The molecule has 0 unspecified atom stereocenters. The van der Waals surface area contributed by atoms with Crippen LogP contribution in [0, 0.1) is 5.82 Å². The second kappa shape index (κ2) is 5.61. The highest BCUT2D eigenvalue weighted by atomic mass is 35.5.